The molecule has 2 saturated heterocycles. The number of amides is 2. The number of benzene rings is 2. The number of carbonyl (C=O) groups excluding carboxylic acids is 2. The molecule has 2 aromatic carbocycles. The van der Waals surface area contributed by atoms with E-state index in [1.165, 1.54) is 0 Å². The third-order valence-corrected chi connectivity index (χ3v) is 6.09. The highest BCUT2D eigenvalue weighted by molar-refractivity contribution is 6.31. The quantitative estimate of drug-likeness (QED) is 0.755. The van der Waals surface area contributed by atoms with Crippen LogP contribution in [0.3, 0.4) is 0 Å². The van der Waals surface area contributed by atoms with E-state index in [0.717, 1.165) is 33.4 Å². The Labute approximate surface area is 171 Å². The molecule has 140 valence electrons. The molecule has 0 bridgehead atoms. The van der Waals surface area contributed by atoms with E-state index in [1.54, 1.807) is 24.3 Å². The van der Waals surface area contributed by atoms with E-state index >= 15 is 0 Å². The lowest BCUT2D eigenvalue weighted by molar-refractivity contribution is -0.125. The molecule has 0 aromatic heterocycles. The molecule has 2 aromatic rings. The average molecular weight is 412 g/mol. The molecule has 0 radical (unpaired) electrons. The average Bonchev–Trinajstić information content (AvgIpc) is 3.27. The molecule has 6 heteroatoms. The minimum absolute atomic E-state index is 0.273. The smallest absolute Gasteiger partial charge is 0.235 e. The lowest BCUT2D eigenvalue weighted by Crippen LogP contribution is -2.27. The second-order valence-corrected chi connectivity index (χ2v) is 7.97. The van der Waals surface area contributed by atoms with Gasteiger partial charge in [0.15, 0.2) is 0 Å². The molecule has 2 aliphatic heterocycles. The predicted molar refractivity (Wildman–Crippen MR) is 108 cm³/mol. The number of ether oxygens (including phenoxy) is 1. The monoisotopic (exact) mass is 411 g/mol. The van der Waals surface area contributed by atoms with Gasteiger partial charge in [-0.3, -0.25) is 14.9 Å². The summed E-state index contributed by atoms with van der Waals surface area (Å²) in [5.74, 6) is -1.71. The van der Waals surface area contributed by atoms with Gasteiger partial charge in [-0.1, -0.05) is 47.5 Å². The molecule has 2 unspecified atom stereocenters. The third-order valence-electron chi connectivity index (χ3n) is 5.58. The predicted octanol–water partition coefficient (Wildman–Crippen LogP) is 4.13. The summed E-state index contributed by atoms with van der Waals surface area (Å²) in [6.07, 6.45) is 0. The fourth-order valence-corrected chi connectivity index (χ4v) is 4.68. The highest BCUT2D eigenvalue weighted by Crippen LogP contribution is 2.51. The van der Waals surface area contributed by atoms with Gasteiger partial charge in [-0.25, -0.2) is 0 Å². The number of imide groups is 1. The summed E-state index contributed by atoms with van der Waals surface area (Å²) in [6.45, 7) is 0.824. The number of hydrogen-bond donors (Lipinski definition) is 1. The maximum atomic E-state index is 12.8. The van der Waals surface area contributed by atoms with E-state index in [0.29, 0.717) is 23.3 Å². The molecule has 0 spiro atoms. The molecule has 2 fully saturated rings. The van der Waals surface area contributed by atoms with E-state index in [1.807, 2.05) is 24.3 Å². The topological polar surface area (TPSA) is 55.4 Å². The number of hydrogen-bond acceptors (Lipinski definition) is 3. The molecule has 2 heterocycles. The Hall–Kier alpha value is -2.40. The molecule has 1 N–H and O–H groups in total. The Morgan fingerprint density at radius 1 is 0.714 bits per heavy atom. The Morgan fingerprint density at radius 2 is 1.11 bits per heavy atom. The van der Waals surface area contributed by atoms with Gasteiger partial charge in [0.05, 0.1) is 25.0 Å². The summed E-state index contributed by atoms with van der Waals surface area (Å²) in [4.78, 5) is 25.6. The van der Waals surface area contributed by atoms with Crippen molar-refractivity contribution >= 4 is 46.2 Å². The highest BCUT2D eigenvalue weighted by atomic mass is 35.5. The standard InChI is InChI=1S/C22H15Cl2NO3/c23-13-5-1-11(2-6-13)17-15-9-28-10-16(15)18(12-3-7-14(24)8-4-12)20-19(17)21(26)25-22(20)27/h1-8,19-20H,9-10H2,(H,25,26,27). The number of carbonyl (C=O) groups is 2. The van der Waals surface area contributed by atoms with E-state index in [2.05, 4.69) is 5.32 Å². The van der Waals surface area contributed by atoms with Crippen LogP contribution in [0.15, 0.2) is 59.7 Å². The van der Waals surface area contributed by atoms with Crippen LogP contribution in [0.4, 0.5) is 0 Å². The Kier molecular flexibility index (Phi) is 4.16. The van der Waals surface area contributed by atoms with E-state index < -0.39 is 11.8 Å². The number of halogens is 2. The van der Waals surface area contributed by atoms with Crippen molar-refractivity contribution in [3.63, 3.8) is 0 Å². The summed E-state index contributed by atoms with van der Waals surface area (Å²) in [7, 11) is 0. The van der Waals surface area contributed by atoms with Gasteiger partial charge in [-0.15, -0.1) is 0 Å². The first-order chi connectivity index (χ1) is 13.5. The zero-order valence-corrected chi connectivity index (χ0v) is 16.2. The zero-order valence-electron chi connectivity index (χ0n) is 14.7. The molecule has 3 aliphatic rings. The van der Waals surface area contributed by atoms with Gasteiger partial charge in [0.1, 0.15) is 0 Å². The van der Waals surface area contributed by atoms with Gasteiger partial charge in [0, 0.05) is 10.0 Å². The lowest BCUT2D eigenvalue weighted by atomic mass is 9.69. The van der Waals surface area contributed by atoms with Crippen molar-refractivity contribution in [3.05, 3.63) is 80.8 Å². The van der Waals surface area contributed by atoms with E-state index in [4.69, 9.17) is 27.9 Å². The van der Waals surface area contributed by atoms with Gasteiger partial charge < -0.3 is 4.74 Å². The van der Waals surface area contributed by atoms with Crippen LogP contribution in [0.1, 0.15) is 11.1 Å². The molecule has 5 rings (SSSR count). The molecular formula is C22H15Cl2NO3. The molecule has 2 amide bonds. The minimum atomic E-state index is -0.584. The van der Waals surface area contributed by atoms with Crippen LogP contribution in [-0.4, -0.2) is 25.0 Å². The fourth-order valence-electron chi connectivity index (χ4n) is 4.43. The first-order valence-corrected chi connectivity index (χ1v) is 9.71. The molecule has 1 aliphatic carbocycles. The van der Waals surface area contributed by atoms with Crippen LogP contribution in [-0.2, 0) is 14.3 Å². The second kappa shape index (κ2) is 6.59. The third kappa shape index (κ3) is 2.64. The molecule has 2 atom stereocenters. The van der Waals surface area contributed by atoms with Crippen LogP contribution in [0, 0.1) is 11.8 Å². The van der Waals surface area contributed by atoms with Gasteiger partial charge >= 0.3 is 0 Å². The SMILES string of the molecule is O=C1NC(=O)C2C(c3ccc(Cl)cc3)=C3COCC3=C(c3ccc(Cl)cc3)C12. The summed E-state index contributed by atoms with van der Waals surface area (Å²) >= 11 is 12.1. The maximum absolute atomic E-state index is 12.8. The van der Waals surface area contributed by atoms with Gasteiger partial charge in [-0.2, -0.15) is 0 Å². The van der Waals surface area contributed by atoms with Gasteiger partial charge in [0.2, 0.25) is 11.8 Å². The van der Waals surface area contributed by atoms with Crippen molar-refractivity contribution in [1.29, 1.82) is 0 Å². The number of rotatable bonds is 2. The van der Waals surface area contributed by atoms with Crippen molar-refractivity contribution in [2.75, 3.05) is 13.2 Å². The molecule has 4 nitrogen and oxygen atoms in total. The number of nitrogens with one attached hydrogen (secondary N) is 1. The molecule has 28 heavy (non-hydrogen) atoms. The van der Waals surface area contributed by atoms with Gasteiger partial charge in [0.25, 0.3) is 0 Å². The molecule has 0 saturated carbocycles. The first-order valence-electron chi connectivity index (χ1n) is 8.95. The van der Waals surface area contributed by atoms with E-state index in [9.17, 15) is 9.59 Å². The minimum Gasteiger partial charge on any atom is -0.372 e. The molecular weight excluding hydrogens is 397 g/mol. The largest absolute Gasteiger partial charge is 0.372 e. The fraction of sp³-hybridized carbons (Fsp3) is 0.182. The zero-order chi connectivity index (χ0) is 19.4. The van der Waals surface area contributed by atoms with Crippen molar-refractivity contribution in [1.82, 2.24) is 5.32 Å². The Balaban J connectivity index is 1.79. The van der Waals surface area contributed by atoms with Crippen LogP contribution in [0.25, 0.3) is 11.1 Å². The maximum Gasteiger partial charge on any atom is 0.235 e. The van der Waals surface area contributed by atoms with Crippen molar-refractivity contribution in [2.24, 2.45) is 11.8 Å². The highest BCUT2D eigenvalue weighted by Gasteiger charge is 2.51. The first kappa shape index (κ1) is 17.7. The normalized spacial score (nSPS) is 23.8. The summed E-state index contributed by atoms with van der Waals surface area (Å²) in [6, 6.07) is 14.7. The summed E-state index contributed by atoms with van der Waals surface area (Å²) in [5.41, 5.74) is 5.46. The van der Waals surface area contributed by atoms with Crippen molar-refractivity contribution in [3.8, 4) is 0 Å². The second-order valence-electron chi connectivity index (χ2n) is 7.10. The Morgan fingerprint density at radius 3 is 1.50 bits per heavy atom. The van der Waals surface area contributed by atoms with Crippen molar-refractivity contribution < 1.29 is 14.3 Å². The summed E-state index contributed by atoms with van der Waals surface area (Å²) in [5, 5.41) is 3.77. The summed E-state index contributed by atoms with van der Waals surface area (Å²) < 4.78 is 5.77. The Bertz CT molecular complexity index is 982. The van der Waals surface area contributed by atoms with Crippen LogP contribution in [0.2, 0.25) is 10.0 Å². The van der Waals surface area contributed by atoms with Crippen LogP contribution < -0.4 is 5.32 Å². The van der Waals surface area contributed by atoms with Gasteiger partial charge in [-0.05, 0) is 57.7 Å². The van der Waals surface area contributed by atoms with Crippen molar-refractivity contribution in [2.45, 2.75) is 0 Å². The number of fused-ring (bicyclic) bond motifs is 2. The lowest BCUT2D eigenvalue weighted by Gasteiger charge is -2.30. The van der Waals surface area contributed by atoms with E-state index in [-0.39, 0.29) is 11.8 Å². The van der Waals surface area contributed by atoms with Crippen LogP contribution >= 0.6 is 23.2 Å². The van der Waals surface area contributed by atoms with Crippen LogP contribution in [0.5, 0.6) is 0 Å².